The van der Waals surface area contributed by atoms with Crippen LogP contribution in [0.4, 0.5) is 5.69 Å². The SMILES string of the molecule is COc1cc(OC)c(/C(O)=C2/C(=O)C(=O)N(c3ccc(C)cc3)C2c2cccs2)cc1Cl. The van der Waals surface area contributed by atoms with Gasteiger partial charge in [0.2, 0.25) is 0 Å². The molecule has 6 nitrogen and oxygen atoms in total. The van der Waals surface area contributed by atoms with Gasteiger partial charge < -0.3 is 14.6 Å². The van der Waals surface area contributed by atoms with Crippen molar-refractivity contribution < 1.29 is 24.2 Å². The molecular formula is C24H20ClNO5S. The fourth-order valence-corrected chi connectivity index (χ4v) is 4.77. The van der Waals surface area contributed by atoms with Gasteiger partial charge in [0.15, 0.2) is 0 Å². The molecule has 1 N–H and O–H groups in total. The Morgan fingerprint density at radius 3 is 2.34 bits per heavy atom. The number of anilines is 1. The summed E-state index contributed by atoms with van der Waals surface area (Å²) in [5.74, 6) is -1.24. The van der Waals surface area contributed by atoms with Crippen molar-refractivity contribution in [3.8, 4) is 11.5 Å². The van der Waals surface area contributed by atoms with Gasteiger partial charge in [-0.25, -0.2) is 0 Å². The predicted molar refractivity (Wildman–Crippen MR) is 125 cm³/mol. The molecule has 0 aliphatic carbocycles. The van der Waals surface area contributed by atoms with Gasteiger partial charge in [0, 0.05) is 16.6 Å². The lowest BCUT2D eigenvalue weighted by molar-refractivity contribution is -0.132. The van der Waals surface area contributed by atoms with E-state index in [1.807, 2.05) is 36.6 Å². The maximum atomic E-state index is 13.2. The molecule has 1 saturated heterocycles. The molecular weight excluding hydrogens is 450 g/mol. The van der Waals surface area contributed by atoms with Gasteiger partial charge in [-0.3, -0.25) is 14.5 Å². The molecule has 4 rings (SSSR count). The number of rotatable bonds is 5. The summed E-state index contributed by atoms with van der Waals surface area (Å²) in [5.41, 5.74) is 1.75. The van der Waals surface area contributed by atoms with Crippen molar-refractivity contribution in [3.05, 3.63) is 80.5 Å². The van der Waals surface area contributed by atoms with E-state index < -0.39 is 17.7 Å². The molecule has 0 bridgehead atoms. The Hall–Kier alpha value is -3.29. The van der Waals surface area contributed by atoms with Gasteiger partial charge in [-0.2, -0.15) is 0 Å². The molecule has 164 valence electrons. The number of aliphatic hydroxyl groups is 1. The number of thiophene rings is 1. The number of ether oxygens (including phenoxy) is 2. The highest BCUT2D eigenvalue weighted by molar-refractivity contribution is 7.10. The third kappa shape index (κ3) is 3.63. The molecule has 8 heteroatoms. The van der Waals surface area contributed by atoms with Crippen LogP contribution in [0.2, 0.25) is 5.02 Å². The molecule has 1 aliphatic heterocycles. The van der Waals surface area contributed by atoms with Gasteiger partial charge >= 0.3 is 0 Å². The molecule has 0 saturated carbocycles. The zero-order valence-electron chi connectivity index (χ0n) is 17.6. The zero-order valence-corrected chi connectivity index (χ0v) is 19.2. The van der Waals surface area contributed by atoms with E-state index in [0.717, 1.165) is 10.4 Å². The third-order valence-electron chi connectivity index (χ3n) is 5.30. The van der Waals surface area contributed by atoms with Crippen molar-refractivity contribution in [1.29, 1.82) is 0 Å². The minimum atomic E-state index is -0.789. The minimum Gasteiger partial charge on any atom is -0.507 e. The van der Waals surface area contributed by atoms with Gasteiger partial charge in [-0.05, 0) is 36.6 Å². The van der Waals surface area contributed by atoms with Crippen LogP contribution in [-0.4, -0.2) is 31.0 Å². The summed E-state index contributed by atoms with van der Waals surface area (Å²) in [7, 11) is 2.89. The average molecular weight is 470 g/mol. The van der Waals surface area contributed by atoms with Crippen molar-refractivity contribution in [2.24, 2.45) is 0 Å². The molecule has 2 heterocycles. The molecule has 1 atom stereocenters. The Bertz CT molecular complexity index is 1220. The van der Waals surface area contributed by atoms with Gasteiger partial charge in [0.25, 0.3) is 11.7 Å². The molecule has 32 heavy (non-hydrogen) atoms. The van der Waals surface area contributed by atoms with Crippen LogP contribution in [0.25, 0.3) is 5.76 Å². The fraction of sp³-hybridized carbons (Fsp3) is 0.167. The second-order valence-corrected chi connectivity index (χ2v) is 8.59. The van der Waals surface area contributed by atoms with Crippen molar-refractivity contribution in [2.75, 3.05) is 19.1 Å². The summed E-state index contributed by atoms with van der Waals surface area (Å²) in [4.78, 5) is 28.5. The van der Waals surface area contributed by atoms with Crippen LogP contribution in [0.3, 0.4) is 0 Å². The average Bonchev–Trinajstić information content (AvgIpc) is 3.41. The standard InChI is InChI=1S/C24H20ClNO5S/c1-13-6-8-14(9-7-13)26-21(19-5-4-10-32-19)20(23(28)24(26)29)22(27)15-11-16(25)18(31-3)12-17(15)30-2/h4-12,21,27H,1-3H3/b22-20-. The fourth-order valence-electron chi connectivity index (χ4n) is 3.71. The topological polar surface area (TPSA) is 76.1 Å². The van der Waals surface area contributed by atoms with E-state index in [-0.39, 0.29) is 27.7 Å². The van der Waals surface area contributed by atoms with Crippen molar-refractivity contribution in [2.45, 2.75) is 13.0 Å². The number of carbonyl (C=O) groups is 2. The zero-order chi connectivity index (χ0) is 23.0. The Morgan fingerprint density at radius 1 is 1.06 bits per heavy atom. The number of amides is 1. The molecule has 1 unspecified atom stereocenters. The number of halogens is 1. The molecule has 2 aromatic carbocycles. The summed E-state index contributed by atoms with van der Waals surface area (Å²) in [6, 6.07) is 13.2. The van der Waals surface area contributed by atoms with Crippen LogP contribution in [0.5, 0.6) is 11.5 Å². The van der Waals surface area contributed by atoms with Crippen molar-refractivity contribution >= 4 is 46.1 Å². The maximum absolute atomic E-state index is 13.2. The molecule has 1 aromatic heterocycles. The van der Waals surface area contributed by atoms with Crippen molar-refractivity contribution in [3.63, 3.8) is 0 Å². The number of benzene rings is 2. The van der Waals surface area contributed by atoms with E-state index in [1.54, 1.807) is 12.1 Å². The Kier molecular flexibility index (Phi) is 5.95. The van der Waals surface area contributed by atoms with E-state index >= 15 is 0 Å². The highest BCUT2D eigenvalue weighted by atomic mass is 35.5. The lowest BCUT2D eigenvalue weighted by Crippen LogP contribution is -2.29. The summed E-state index contributed by atoms with van der Waals surface area (Å²) < 4.78 is 10.6. The molecule has 1 amide bonds. The first-order valence-electron chi connectivity index (χ1n) is 9.70. The first kappa shape index (κ1) is 21.9. The molecule has 3 aromatic rings. The number of hydrogen-bond donors (Lipinski definition) is 1. The van der Waals surface area contributed by atoms with E-state index in [9.17, 15) is 14.7 Å². The van der Waals surface area contributed by atoms with E-state index in [0.29, 0.717) is 11.4 Å². The first-order chi connectivity index (χ1) is 15.4. The van der Waals surface area contributed by atoms with E-state index in [4.69, 9.17) is 21.1 Å². The van der Waals surface area contributed by atoms with Crippen LogP contribution in [0.15, 0.2) is 59.5 Å². The Balaban J connectivity index is 1.95. The third-order valence-corrected chi connectivity index (χ3v) is 6.52. The molecule has 0 radical (unpaired) electrons. The van der Waals surface area contributed by atoms with Crippen LogP contribution in [0.1, 0.15) is 22.0 Å². The Labute approximate surface area is 194 Å². The van der Waals surface area contributed by atoms with Crippen LogP contribution < -0.4 is 14.4 Å². The summed E-state index contributed by atoms with van der Waals surface area (Å²) in [5, 5.41) is 13.4. The number of carbonyl (C=O) groups excluding carboxylic acids is 2. The summed E-state index contributed by atoms with van der Waals surface area (Å²) in [6.45, 7) is 1.94. The van der Waals surface area contributed by atoms with Gasteiger partial charge in [-0.1, -0.05) is 35.4 Å². The number of Topliss-reactive ketones (excluding diaryl/α,β-unsaturated/α-hetero) is 1. The number of ketones is 1. The predicted octanol–water partition coefficient (Wildman–Crippen LogP) is 5.35. The quantitative estimate of drug-likeness (QED) is 0.309. The van der Waals surface area contributed by atoms with Gasteiger partial charge in [-0.15, -0.1) is 11.3 Å². The largest absolute Gasteiger partial charge is 0.507 e. The van der Waals surface area contributed by atoms with Crippen LogP contribution >= 0.6 is 22.9 Å². The van der Waals surface area contributed by atoms with E-state index in [2.05, 4.69) is 0 Å². The number of hydrogen-bond acceptors (Lipinski definition) is 6. The molecule has 1 fully saturated rings. The van der Waals surface area contributed by atoms with Crippen LogP contribution in [-0.2, 0) is 9.59 Å². The smallest absolute Gasteiger partial charge is 0.300 e. The number of aryl methyl sites for hydroxylation is 1. The second-order valence-electron chi connectivity index (χ2n) is 7.21. The first-order valence-corrected chi connectivity index (χ1v) is 11.0. The van der Waals surface area contributed by atoms with Crippen LogP contribution in [0, 0.1) is 6.92 Å². The number of methoxy groups -OCH3 is 2. The maximum Gasteiger partial charge on any atom is 0.300 e. The normalized spacial score (nSPS) is 17.6. The van der Waals surface area contributed by atoms with Crippen molar-refractivity contribution in [1.82, 2.24) is 0 Å². The summed E-state index contributed by atoms with van der Waals surface area (Å²) >= 11 is 7.67. The second kappa shape index (κ2) is 8.68. The monoisotopic (exact) mass is 469 g/mol. The lowest BCUT2D eigenvalue weighted by atomic mass is 9.99. The number of aliphatic hydroxyl groups excluding tert-OH is 1. The molecule has 0 spiro atoms. The minimum absolute atomic E-state index is 0.0300. The van der Waals surface area contributed by atoms with E-state index in [1.165, 1.54) is 42.6 Å². The highest BCUT2D eigenvalue weighted by Crippen LogP contribution is 2.45. The lowest BCUT2D eigenvalue weighted by Gasteiger charge is -2.24. The summed E-state index contributed by atoms with van der Waals surface area (Å²) in [6.07, 6.45) is 0. The van der Waals surface area contributed by atoms with Gasteiger partial charge in [0.1, 0.15) is 23.3 Å². The van der Waals surface area contributed by atoms with Gasteiger partial charge in [0.05, 0.1) is 30.4 Å². The molecule has 1 aliphatic rings. The number of nitrogens with zero attached hydrogens (tertiary/aromatic N) is 1. The Morgan fingerprint density at radius 2 is 1.75 bits per heavy atom. The highest BCUT2D eigenvalue weighted by Gasteiger charge is 2.47.